The molecule has 0 aliphatic carbocycles. The van der Waals surface area contributed by atoms with E-state index in [1.54, 1.807) is 12.1 Å². The maximum atomic E-state index is 9.19. The van der Waals surface area contributed by atoms with E-state index in [4.69, 9.17) is 5.73 Å². The van der Waals surface area contributed by atoms with Crippen LogP contribution in [0.25, 0.3) is 0 Å². The second-order valence-corrected chi connectivity index (χ2v) is 4.53. The monoisotopic (exact) mass is 397 g/mol. The van der Waals surface area contributed by atoms with Crippen LogP contribution in [0.3, 0.4) is 0 Å². The highest BCUT2D eigenvalue weighted by Crippen LogP contribution is 2.10. The van der Waals surface area contributed by atoms with Gasteiger partial charge in [-0.3, -0.25) is 0 Å². The maximum Gasteiger partial charge on any atom is 0.188 e. The maximum absolute atomic E-state index is 9.19. The van der Waals surface area contributed by atoms with Gasteiger partial charge in [0.15, 0.2) is 5.96 Å². The largest absolute Gasteiger partial charge is 0.508 e. The Bertz CT molecular complexity index is 555. The van der Waals surface area contributed by atoms with Crippen molar-refractivity contribution in [3.63, 3.8) is 0 Å². The predicted molar refractivity (Wildman–Crippen MR) is 97.0 cm³/mol. The molecule has 0 atom stereocenters. The first-order valence-electron chi connectivity index (χ1n) is 6.59. The van der Waals surface area contributed by atoms with Gasteiger partial charge in [0.05, 0.1) is 6.54 Å². The number of phenolic OH excluding ortho intramolecular Hbond substituents is 1. The Balaban J connectivity index is 0.00000220. The Morgan fingerprint density at radius 2 is 1.67 bits per heavy atom. The van der Waals surface area contributed by atoms with Crippen LogP contribution in [0.5, 0.6) is 5.75 Å². The second-order valence-electron chi connectivity index (χ2n) is 4.53. The first-order valence-corrected chi connectivity index (χ1v) is 6.59. The van der Waals surface area contributed by atoms with E-state index in [9.17, 15) is 5.11 Å². The molecule has 0 spiro atoms. The van der Waals surface area contributed by atoms with Crippen molar-refractivity contribution in [3.05, 3.63) is 65.7 Å². The van der Waals surface area contributed by atoms with Crippen LogP contribution < -0.4 is 11.1 Å². The minimum Gasteiger partial charge on any atom is -0.508 e. The molecule has 0 bridgehead atoms. The smallest absolute Gasteiger partial charge is 0.188 e. The summed E-state index contributed by atoms with van der Waals surface area (Å²) in [5, 5.41) is 12.3. The topological polar surface area (TPSA) is 70.6 Å². The highest BCUT2D eigenvalue weighted by Gasteiger charge is 1.95. The van der Waals surface area contributed by atoms with Gasteiger partial charge in [-0.1, -0.05) is 42.5 Å². The average molecular weight is 397 g/mol. The van der Waals surface area contributed by atoms with Gasteiger partial charge in [-0.05, 0) is 29.7 Å². The van der Waals surface area contributed by atoms with Crippen LogP contribution in [0.1, 0.15) is 11.1 Å². The van der Waals surface area contributed by atoms with Gasteiger partial charge in [0.25, 0.3) is 0 Å². The number of nitrogens with zero attached hydrogens (tertiary/aromatic N) is 1. The Morgan fingerprint density at radius 1 is 1.00 bits per heavy atom. The third kappa shape index (κ3) is 6.48. The zero-order valence-corrected chi connectivity index (χ0v) is 14.0. The summed E-state index contributed by atoms with van der Waals surface area (Å²) in [5.74, 6) is 0.695. The lowest BCUT2D eigenvalue weighted by Crippen LogP contribution is -2.33. The summed E-state index contributed by atoms with van der Waals surface area (Å²) in [7, 11) is 0. The molecule has 2 aromatic carbocycles. The van der Waals surface area contributed by atoms with Crippen molar-refractivity contribution in [2.75, 3.05) is 6.54 Å². The molecule has 0 aliphatic heterocycles. The van der Waals surface area contributed by atoms with Gasteiger partial charge in [-0.2, -0.15) is 0 Å². The number of benzene rings is 2. The summed E-state index contributed by atoms with van der Waals surface area (Å²) in [6.07, 6.45) is 0.913. The third-order valence-corrected chi connectivity index (χ3v) is 2.93. The Kier molecular flexibility index (Phi) is 7.60. The van der Waals surface area contributed by atoms with E-state index in [-0.39, 0.29) is 29.7 Å². The number of hydrogen-bond donors (Lipinski definition) is 3. The Labute approximate surface area is 142 Å². The Morgan fingerprint density at radius 3 is 2.33 bits per heavy atom. The molecular weight excluding hydrogens is 377 g/mol. The fourth-order valence-corrected chi connectivity index (χ4v) is 1.81. The van der Waals surface area contributed by atoms with Crippen LogP contribution in [0.15, 0.2) is 59.6 Å². The van der Waals surface area contributed by atoms with E-state index < -0.39 is 0 Å². The zero-order valence-electron chi connectivity index (χ0n) is 11.7. The number of aromatic hydroxyl groups is 1. The van der Waals surface area contributed by atoms with Crippen molar-refractivity contribution in [1.29, 1.82) is 0 Å². The Hall–Kier alpha value is -1.76. The molecule has 112 valence electrons. The van der Waals surface area contributed by atoms with Crippen LogP contribution in [0, 0.1) is 0 Å². The molecule has 0 unspecified atom stereocenters. The summed E-state index contributed by atoms with van der Waals surface area (Å²) in [4.78, 5) is 4.26. The van der Waals surface area contributed by atoms with Crippen LogP contribution in [-0.2, 0) is 13.0 Å². The molecule has 5 heteroatoms. The summed E-state index contributed by atoms with van der Waals surface area (Å²) in [6, 6.07) is 17.2. The highest BCUT2D eigenvalue weighted by molar-refractivity contribution is 14.0. The van der Waals surface area contributed by atoms with Crippen LogP contribution >= 0.6 is 24.0 Å². The molecule has 21 heavy (non-hydrogen) atoms. The van der Waals surface area contributed by atoms with Crippen molar-refractivity contribution < 1.29 is 5.11 Å². The van der Waals surface area contributed by atoms with Gasteiger partial charge in [0.1, 0.15) is 5.75 Å². The number of rotatable bonds is 5. The lowest BCUT2D eigenvalue weighted by molar-refractivity contribution is 0.475. The van der Waals surface area contributed by atoms with E-state index in [0.717, 1.165) is 18.5 Å². The molecule has 4 nitrogen and oxygen atoms in total. The van der Waals surface area contributed by atoms with Gasteiger partial charge >= 0.3 is 0 Å². The minimum absolute atomic E-state index is 0. The van der Waals surface area contributed by atoms with Crippen LogP contribution in [0.2, 0.25) is 0 Å². The van der Waals surface area contributed by atoms with Crippen molar-refractivity contribution in [2.24, 2.45) is 10.7 Å². The molecule has 0 saturated heterocycles. The van der Waals surface area contributed by atoms with E-state index in [1.807, 2.05) is 30.3 Å². The molecule has 0 fully saturated rings. The normalized spacial score (nSPS) is 10.8. The summed E-state index contributed by atoms with van der Waals surface area (Å²) in [6.45, 7) is 1.26. The lowest BCUT2D eigenvalue weighted by atomic mass is 10.1. The number of guanidine groups is 1. The average Bonchev–Trinajstić information content (AvgIpc) is 2.48. The van der Waals surface area contributed by atoms with E-state index in [2.05, 4.69) is 22.4 Å². The number of phenols is 1. The van der Waals surface area contributed by atoms with E-state index in [1.165, 1.54) is 5.56 Å². The molecule has 0 aliphatic rings. The lowest BCUT2D eigenvalue weighted by Gasteiger charge is -2.06. The van der Waals surface area contributed by atoms with Crippen molar-refractivity contribution in [1.82, 2.24) is 5.32 Å². The fraction of sp³-hybridized carbons (Fsp3) is 0.188. The first-order chi connectivity index (χ1) is 9.74. The molecule has 2 aromatic rings. The third-order valence-electron chi connectivity index (χ3n) is 2.93. The molecule has 0 heterocycles. The van der Waals surface area contributed by atoms with Crippen molar-refractivity contribution in [2.45, 2.75) is 13.0 Å². The van der Waals surface area contributed by atoms with Gasteiger partial charge in [-0.25, -0.2) is 4.99 Å². The quantitative estimate of drug-likeness (QED) is 0.413. The molecule has 0 radical (unpaired) electrons. The summed E-state index contributed by atoms with van der Waals surface area (Å²) < 4.78 is 0. The first kappa shape index (κ1) is 17.3. The van der Waals surface area contributed by atoms with Gasteiger partial charge in [-0.15, -0.1) is 24.0 Å². The van der Waals surface area contributed by atoms with Crippen LogP contribution in [0.4, 0.5) is 0 Å². The molecule has 2 rings (SSSR count). The standard InChI is InChI=1S/C16H19N3O.HI/c17-16(18-11-10-13-4-2-1-3-5-13)19-12-14-6-8-15(20)9-7-14;/h1-9,20H,10-12H2,(H3,17,18,19);1H. The fourth-order valence-electron chi connectivity index (χ4n) is 1.81. The van der Waals surface area contributed by atoms with Gasteiger partial charge in [0.2, 0.25) is 0 Å². The molecule has 0 aromatic heterocycles. The van der Waals surface area contributed by atoms with E-state index in [0.29, 0.717) is 12.5 Å². The van der Waals surface area contributed by atoms with Crippen molar-refractivity contribution >= 4 is 29.9 Å². The summed E-state index contributed by atoms with van der Waals surface area (Å²) in [5.41, 5.74) is 8.08. The molecule has 0 saturated carbocycles. The van der Waals surface area contributed by atoms with Crippen LogP contribution in [-0.4, -0.2) is 17.6 Å². The highest BCUT2D eigenvalue weighted by atomic mass is 127. The molecular formula is C16H20IN3O. The van der Waals surface area contributed by atoms with Gasteiger partial charge in [0, 0.05) is 6.54 Å². The van der Waals surface area contributed by atoms with Gasteiger partial charge < -0.3 is 16.2 Å². The SMILES string of the molecule is I.NC(=NCc1ccc(O)cc1)NCCc1ccccc1. The minimum atomic E-state index is 0. The number of halogens is 1. The number of hydrogen-bond acceptors (Lipinski definition) is 2. The summed E-state index contributed by atoms with van der Waals surface area (Å²) >= 11 is 0. The number of nitrogens with one attached hydrogen (secondary N) is 1. The number of aliphatic imine (C=N–C) groups is 1. The van der Waals surface area contributed by atoms with E-state index >= 15 is 0 Å². The molecule has 4 N–H and O–H groups in total. The number of nitrogens with two attached hydrogens (primary N) is 1. The zero-order chi connectivity index (χ0) is 14.2. The molecule has 0 amide bonds. The second kappa shape index (κ2) is 9.23. The van der Waals surface area contributed by atoms with Crippen molar-refractivity contribution in [3.8, 4) is 5.75 Å². The predicted octanol–water partition coefficient (Wildman–Crippen LogP) is 2.66.